The number of nitrogens with one attached hydrogen (secondary N) is 1. The highest BCUT2D eigenvalue weighted by Crippen LogP contribution is 2.23. The van der Waals surface area contributed by atoms with Crippen molar-refractivity contribution in [3.8, 4) is 0 Å². The highest BCUT2D eigenvalue weighted by molar-refractivity contribution is 9.10. The largest absolute Gasteiger partial charge is 0.389 e. The summed E-state index contributed by atoms with van der Waals surface area (Å²) in [5, 5.41) is 1.89. The molecule has 0 unspecified atom stereocenters. The minimum atomic E-state index is -3.66. The molecule has 2 rings (SSSR count). The fraction of sp³-hybridized carbons (Fsp3) is 0.0833. The van der Waals surface area contributed by atoms with Crippen LogP contribution in [0.1, 0.15) is 10.4 Å². The maximum Gasteiger partial charge on any atom is 0.241 e. The smallest absolute Gasteiger partial charge is 0.241 e. The lowest BCUT2D eigenvalue weighted by molar-refractivity contribution is 0.581. The van der Waals surface area contributed by atoms with Crippen molar-refractivity contribution in [3.63, 3.8) is 0 Å². The normalized spacial score (nSPS) is 11.4. The summed E-state index contributed by atoms with van der Waals surface area (Å²) in [6, 6.07) is 8.29. The Morgan fingerprint density at radius 1 is 1.35 bits per heavy atom. The number of rotatable bonds is 5. The summed E-state index contributed by atoms with van der Waals surface area (Å²) in [7, 11) is -3.66. The quantitative estimate of drug-likeness (QED) is 0.769. The second-order valence-electron chi connectivity index (χ2n) is 3.88. The van der Waals surface area contributed by atoms with Crippen LogP contribution in [0, 0.1) is 0 Å². The molecule has 0 aliphatic heterocycles. The van der Waals surface area contributed by atoms with Gasteiger partial charge < -0.3 is 5.73 Å². The molecule has 0 aliphatic rings. The Balaban J connectivity index is 2.27. The third kappa shape index (κ3) is 3.44. The van der Waals surface area contributed by atoms with Crippen molar-refractivity contribution in [1.82, 2.24) is 4.72 Å². The van der Waals surface area contributed by atoms with E-state index >= 15 is 0 Å². The van der Waals surface area contributed by atoms with Gasteiger partial charge in [0.2, 0.25) is 10.0 Å². The predicted octanol–water partition coefficient (Wildman–Crippen LogP) is 2.62. The highest BCUT2D eigenvalue weighted by Gasteiger charge is 2.19. The van der Waals surface area contributed by atoms with E-state index in [0.29, 0.717) is 5.56 Å². The molecule has 3 N–H and O–H groups in total. The van der Waals surface area contributed by atoms with Crippen LogP contribution in [0.5, 0.6) is 0 Å². The Hall–Kier alpha value is -0.800. The van der Waals surface area contributed by atoms with Gasteiger partial charge in [0.1, 0.15) is 4.99 Å². The van der Waals surface area contributed by atoms with Crippen LogP contribution in [-0.2, 0) is 16.6 Å². The number of thiocarbonyl (C=S) groups is 1. The lowest BCUT2D eigenvalue weighted by Gasteiger charge is -2.10. The third-order valence-corrected chi connectivity index (χ3v) is 6.16. The molecule has 0 radical (unpaired) electrons. The number of benzene rings is 1. The van der Waals surface area contributed by atoms with Crippen molar-refractivity contribution in [3.05, 3.63) is 50.6 Å². The molecule has 0 aliphatic carbocycles. The molecular formula is C12H11BrN2O2S3. The van der Waals surface area contributed by atoms with Crippen LogP contribution < -0.4 is 10.5 Å². The van der Waals surface area contributed by atoms with Gasteiger partial charge in [-0.3, -0.25) is 0 Å². The van der Waals surface area contributed by atoms with Crippen LogP contribution in [0.25, 0.3) is 0 Å². The first kappa shape index (κ1) is 15.6. The SMILES string of the molecule is NC(=S)c1ccccc1S(=O)(=O)NCc1sccc1Br. The Morgan fingerprint density at radius 3 is 2.65 bits per heavy atom. The van der Waals surface area contributed by atoms with Crippen LogP contribution in [0.3, 0.4) is 0 Å². The van der Waals surface area contributed by atoms with E-state index in [1.807, 2.05) is 11.4 Å². The van der Waals surface area contributed by atoms with E-state index in [4.69, 9.17) is 18.0 Å². The lowest BCUT2D eigenvalue weighted by atomic mass is 10.2. The molecule has 1 aromatic carbocycles. The van der Waals surface area contributed by atoms with E-state index in [2.05, 4.69) is 20.7 Å². The Morgan fingerprint density at radius 2 is 2.05 bits per heavy atom. The van der Waals surface area contributed by atoms with E-state index in [1.165, 1.54) is 17.4 Å². The fourth-order valence-electron chi connectivity index (χ4n) is 1.59. The van der Waals surface area contributed by atoms with Gasteiger partial charge in [-0.05, 0) is 33.4 Å². The summed E-state index contributed by atoms with van der Waals surface area (Å²) in [5.74, 6) is 0. The molecule has 1 aromatic heterocycles. The van der Waals surface area contributed by atoms with E-state index in [-0.39, 0.29) is 16.4 Å². The fourth-order valence-corrected chi connectivity index (χ4v) is 4.58. The first-order valence-corrected chi connectivity index (χ1v) is 9.08. The summed E-state index contributed by atoms with van der Waals surface area (Å²) >= 11 is 9.72. The Bertz CT molecular complexity index is 741. The van der Waals surface area contributed by atoms with Crippen molar-refractivity contribution >= 4 is 54.5 Å². The standard InChI is InChI=1S/C12H11BrN2O2S3/c13-9-5-6-19-10(9)7-15-20(16,17)11-4-2-1-3-8(11)12(14)18/h1-6,15H,7H2,(H2,14,18). The van der Waals surface area contributed by atoms with Gasteiger partial charge in [-0.15, -0.1) is 11.3 Å². The monoisotopic (exact) mass is 390 g/mol. The predicted molar refractivity (Wildman–Crippen MR) is 88.4 cm³/mol. The van der Waals surface area contributed by atoms with Crippen LogP contribution in [-0.4, -0.2) is 13.4 Å². The van der Waals surface area contributed by atoms with Crippen molar-refractivity contribution in [2.75, 3.05) is 0 Å². The molecule has 0 spiro atoms. The summed E-state index contributed by atoms with van der Waals surface area (Å²) in [6.45, 7) is 0.215. The molecule has 2 aromatic rings. The molecule has 4 nitrogen and oxygen atoms in total. The highest BCUT2D eigenvalue weighted by atomic mass is 79.9. The second kappa shape index (κ2) is 6.31. The van der Waals surface area contributed by atoms with E-state index in [0.717, 1.165) is 9.35 Å². The minimum absolute atomic E-state index is 0.0586. The van der Waals surface area contributed by atoms with E-state index in [9.17, 15) is 8.42 Å². The zero-order valence-corrected chi connectivity index (χ0v) is 14.2. The van der Waals surface area contributed by atoms with Crippen LogP contribution in [0.15, 0.2) is 45.1 Å². The van der Waals surface area contributed by atoms with Crippen LogP contribution in [0.4, 0.5) is 0 Å². The molecule has 0 saturated carbocycles. The first-order valence-electron chi connectivity index (χ1n) is 5.52. The maximum atomic E-state index is 12.3. The molecule has 0 atom stereocenters. The zero-order chi connectivity index (χ0) is 14.8. The summed E-state index contributed by atoms with van der Waals surface area (Å²) in [4.78, 5) is 1.06. The number of thiophene rings is 1. The van der Waals surface area contributed by atoms with Crippen molar-refractivity contribution in [1.29, 1.82) is 0 Å². The van der Waals surface area contributed by atoms with Gasteiger partial charge in [0.25, 0.3) is 0 Å². The van der Waals surface area contributed by atoms with E-state index < -0.39 is 10.0 Å². The summed E-state index contributed by atoms with van der Waals surface area (Å²) in [6.07, 6.45) is 0. The van der Waals surface area contributed by atoms with Gasteiger partial charge in [0, 0.05) is 21.5 Å². The molecule has 8 heteroatoms. The Kier molecular flexibility index (Phi) is 4.92. The van der Waals surface area contributed by atoms with Gasteiger partial charge in [-0.25, -0.2) is 13.1 Å². The molecule has 0 bridgehead atoms. The van der Waals surface area contributed by atoms with Gasteiger partial charge >= 0.3 is 0 Å². The van der Waals surface area contributed by atoms with E-state index in [1.54, 1.807) is 18.2 Å². The molecule has 106 valence electrons. The van der Waals surface area contributed by atoms with Crippen LogP contribution >= 0.6 is 39.5 Å². The zero-order valence-electron chi connectivity index (χ0n) is 10.2. The number of hydrogen-bond donors (Lipinski definition) is 2. The lowest BCUT2D eigenvalue weighted by Crippen LogP contribution is -2.26. The van der Waals surface area contributed by atoms with Crippen molar-refractivity contribution < 1.29 is 8.42 Å². The van der Waals surface area contributed by atoms with Crippen molar-refractivity contribution in [2.45, 2.75) is 11.4 Å². The molecule has 0 fully saturated rings. The third-order valence-electron chi connectivity index (χ3n) is 2.56. The molecule has 20 heavy (non-hydrogen) atoms. The number of hydrogen-bond acceptors (Lipinski definition) is 4. The summed E-state index contributed by atoms with van der Waals surface area (Å²) in [5.41, 5.74) is 5.91. The average Bonchev–Trinajstić information content (AvgIpc) is 2.82. The number of halogens is 1. The van der Waals surface area contributed by atoms with Gasteiger partial charge in [0.15, 0.2) is 0 Å². The van der Waals surface area contributed by atoms with Gasteiger partial charge in [-0.2, -0.15) is 0 Å². The van der Waals surface area contributed by atoms with Gasteiger partial charge in [0.05, 0.1) is 4.90 Å². The number of nitrogens with two attached hydrogens (primary N) is 1. The first-order chi connectivity index (χ1) is 9.42. The topological polar surface area (TPSA) is 72.2 Å². The molecule has 1 heterocycles. The van der Waals surface area contributed by atoms with Crippen LogP contribution in [0.2, 0.25) is 0 Å². The minimum Gasteiger partial charge on any atom is -0.389 e. The average molecular weight is 391 g/mol. The number of sulfonamides is 1. The summed E-state index contributed by atoms with van der Waals surface area (Å²) < 4.78 is 28.1. The van der Waals surface area contributed by atoms with Gasteiger partial charge in [-0.1, -0.05) is 30.4 Å². The molecule has 0 amide bonds. The second-order valence-corrected chi connectivity index (χ2v) is 7.91. The van der Waals surface area contributed by atoms with Crippen molar-refractivity contribution in [2.24, 2.45) is 5.73 Å². The molecular weight excluding hydrogens is 380 g/mol. The molecule has 0 saturated heterocycles. The maximum absolute atomic E-state index is 12.3. The Labute approximate surface area is 135 Å².